The van der Waals surface area contributed by atoms with Gasteiger partial charge in [0.1, 0.15) is 5.82 Å². The maximum atomic E-state index is 13.1. The van der Waals surface area contributed by atoms with Crippen LogP contribution in [0.15, 0.2) is 59.6 Å². The fourth-order valence-corrected chi connectivity index (χ4v) is 5.00. The fraction of sp³-hybridized carbons (Fsp3) is 0.273. The number of aromatic nitrogens is 2. The van der Waals surface area contributed by atoms with Crippen LogP contribution in [0.4, 0.5) is 4.39 Å². The lowest BCUT2D eigenvalue weighted by Gasteiger charge is -2.33. The van der Waals surface area contributed by atoms with E-state index in [0.29, 0.717) is 5.69 Å². The molecule has 1 fully saturated rings. The average Bonchev–Trinajstić information content (AvgIpc) is 3.26. The Balaban J connectivity index is 1.43. The number of halogens is 1. The Morgan fingerprint density at radius 2 is 1.61 bits per heavy atom. The third-order valence-electron chi connectivity index (χ3n) is 5.54. The van der Waals surface area contributed by atoms with Gasteiger partial charge in [0.15, 0.2) is 5.69 Å². The Kier molecular flexibility index (Phi) is 5.63. The van der Waals surface area contributed by atoms with Crippen LogP contribution < -0.4 is 0 Å². The molecule has 3 aromatic rings. The summed E-state index contributed by atoms with van der Waals surface area (Å²) in [6, 6.07) is 12.5. The Morgan fingerprint density at radius 3 is 2.26 bits per heavy atom. The van der Waals surface area contributed by atoms with Crippen LogP contribution in [-0.4, -0.2) is 59.5 Å². The van der Waals surface area contributed by atoms with E-state index in [0.717, 1.165) is 11.1 Å². The summed E-state index contributed by atoms with van der Waals surface area (Å²) in [5.41, 5.74) is 2.86. The molecule has 1 aliphatic heterocycles. The van der Waals surface area contributed by atoms with E-state index < -0.39 is 10.0 Å². The van der Waals surface area contributed by atoms with Crippen molar-refractivity contribution in [1.29, 1.82) is 0 Å². The molecule has 0 N–H and O–H groups in total. The number of carbonyl (C=O) groups excluding carboxylic acids is 1. The Morgan fingerprint density at radius 1 is 0.935 bits per heavy atom. The number of nitrogens with zero attached hydrogens (tertiary/aromatic N) is 4. The third-order valence-corrected chi connectivity index (χ3v) is 7.44. The Labute approximate surface area is 180 Å². The van der Waals surface area contributed by atoms with Crippen LogP contribution in [0, 0.1) is 19.7 Å². The SMILES string of the molecule is Cc1ccc(S(=O)(=O)N2CCN(C(=O)c3ccn(-c4ccc(F)cc4)n3)CC2)cc1C. The first-order valence-corrected chi connectivity index (χ1v) is 11.4. The van der Waals surface area contributed by atoms with Gasteiger partial charge in [-0.1, -0.05) is 6.07 Å². The van der Waals surface area contributed by atoms with E-state index in [9.17, 15) is 17.6 Å². The minimum atomic E-state index is -3.61. The normalized spacial score (nSPS) is 15.3. The van der Waals surface area contributed by atoms with Crippen molar-refractivity contribution in [3.05, 3.63) is 77.4 Å². The van der Waals surface area contributed by atoms with Gasteiger partial charge < -0.3 is 4.90 Å². The summed E-state index contributed by atoms with van der Waals surface area (Å²) < 4.78 is 41.9. The Hall–Kier alpha value is -3.04. The highest BCUT2D eigenvalue weighted by Gasteiger charge is 2.31. The predicted molar refractivity (Wildman–Crippen MR) is 114 cm³/mol. The van der Waals surface area contributed by atoms with Crippen molar-refractivity contribution in [2.24, 2.45) is 0 Å². The molecule has 162 valence electrons. The molecule has 1 aliphatic rings. The average molecular weight is 443 g/mol. The molecule has 0 radical (unpaired) electrons. The lowest BCUT2D eigenvalue weighted by atomic mass is 10.1. The van der Waals surface area contributed by atoms with Gasteiger partial charge in [-0.25, -0.2) is 17.5 Å². The van der Waals surface area contributed by atoms with E-state index in [1.165, 1.54) is 21.1 Å². The molecule has 31 heavy (non-hydrogen) atoms. The number of sulfonamides is 1. The molecule has 2 heterocycles. The summed E-state index contributed by atoms with van der Waals surface area (Å²) in [5.74, 6) is -0.607. The molecule has 0 saturated carbocycles. The number of piperazine rings is 1. The van der Waals surface area contributed by atoms with E-state index in [1.807, 2.05) is 13.8 Å². The van der Waals surface area contributed by atoms with Crippen molar-refractivity contribution in [2.45, 2.75) is 18.7 Å². The first kappa shape index (κ1) is 21.2. The number of carbonyl (C=O) groups is 1. The minimum Gasteiger partial charge on any atom is -0.335 e. The maximum absolute atomic E-state index is 13.1. The van der Waals surface area contributed by atoms with Gasteiger partial charge in [0.05, 0.1) is 10.6 Å². The number of amides is 1. The summed E-state index contributed by atoms with van der Waals surface area (Å²) in [7, 11) is -3.61. The van der Waals surface area contributed by atoms with Crippen molar-refractivity contribution >= 4 is 15.9 Å². The largest absolute Gasteiger partial charge is 0.335 e. The van der Waals surface area contributed by atoms with Gasteiger partial charge in [-0.05, 0) is 67.4 Å². The van der Waals surface area contributed by atoms with Crippen LogP contribution >= 0.6 is 0 Å². The van der Waals surface area contributed by atoms with Gasteiger partial charge in [0, 0.05) is 32.4 Å². The number of benzene rings is 2. The monoisotopic (exact) mass is 442 g/mol. The summed E-state index contributed by atoms with van der Waals surface area (Å²) in [6.45, 7) is 4.83. The van der Waals surface area contributed by atoms with Gasteiger partial charge in [-0.2, -0.15) is 9.40 Å². The smallest absolute Gasteiger partial charge is 0.274 e. The number of aryl methyl sites for hydroxylation is 2. The second-order valence-electron chi connectivity index (χ2n) is 7.56. The van der Waals surface area contributed by atoms with Crippen molar-refractivity contribution in [3.8, 4) is 5.69 Å². The van der Waals surface area contributed by atoms with Gasteiger partial charge in [0.2, 0.25) is 10.0 Å². The molecule has 4 rings (SSSR count). The molecule has 1 aromatic heterocycles. The number of hydrogen-bond acceptors (Lipinski definition) is 4. The number of hydrogen-bond donors (Lipinski definition) is 0. The van der Waals surface area contributed by atoms with E-state index in [-0.39, 0.29) is 48.5 Å². The van der Waals surface area contributed by atoms with Crippen LogP contribution in [0.1, 0.15) is 21.6 Å². The standard InChI is InChI=1S/C22H23FN4O3S/c1-16-3-8-20(15-17(16)2)31(29,30)26-13-11-25(12-14-26)22(28)21-9-10-27(24-21)19-6-4-18(23)5-7-19/h3-10,15H,11-14H2,1-2H3. The van der Waals surface area contributed by atoms with Crippen molar-refractivity contribution < 1.29 is 17.6 Å². The zero-order chi connectivity index (χ0) is 22.2. The van der Waals surface area contributed by atoms with E-state index in [4.69, 9.17) is 0 Å². The first-order valence-electron chi connectivity index (χ1n) is 9.94. The summed E-state index contributed by atoms with van der Waals surface area (Å²) in [4.78, 5) is 14.7. The summed E-state index contributed by atoms with van der Waals surface area (Å²) in [5, 5.41) is 4.29. The summed E-state index contributed by atoms with van der Waals surface area (Å²) in [6.07, 6.45) is 1.64. The van der Waals surface area contributed by atoms with Gasteiger partial charge >= 0.3 is 0 Å². The Bertz CT molecular complexity index is 1210. The minimum absolute atomic E-state index is 0.222. The third kappa shape index (κ3) is 4.24. The highest BCUT2D eigenvalue weighted by atomic mass is 32.2. The van der Waals surface area contributed by atoms with E-state index in [2.05, 4.69) is 5.10 Å². The van der Waals surface area contributed by atoms with Crippen molar-refractivity contribution in [2.75, 3.05) is 26.2 Å². The van der Waals surface area contributed by atoms with Crippen LogP contribution in [0.3, 0.4) is 0 Å². The van der Waals surface area contributed by atoms with Crippen LogP contribution in [0.5, 0.6) is 0 Å². The molecule has 0 unspecified atom stereocenters. The highest BCUT2D eigenvalue weighted by Crippen LogP contribution is 2.21. The molecule has 1 amide bonds. The summed E-state index contributed by atoms with van der Waals surface area (Å²) >= 11 is 0. The lowest BCUT2D eigenvalue weighted by Crippen LogP contribution is -2.50. The van der Waals surface area contributed by atoms with Crippen LogP contribution in [-0.2, 0) is 10.0 Å². The first-order chi connectivity index (χ1) is 14.8. The molecule has 0 atom stereocenters. The molecular weight excluding hydrogens is 419 g/mol. The van der Waals surface area contributed by atoms with Gasteiger partial charge in [-0.3, -0.25) is 4.79 Å². The maximum Gasteiger partial charge on any atom is 0.274 e. The second-order valence-corrected chi connectivity index (χ2v) is 9.50. The molecule has 7 nitrogen and oxygen atoms in total. The molecule has 0 bridgehead atoms. The zero-order valence-corrected chi connectivity index (χ0v) is 18.1. The molecule has 2 aromatic carbocycles. The molecule has 9 heteroatoms. The quantitative estimate of drug-likeness (QED) is 0.623. The van der Waals surface area contributed by atoms with E-state index >= 15 is 0 Å². The van der Waals surface area contributed by atoms with E-state index in [1.54, 1.807) is 47.5 Å². The molecule has 1 saturated heterocycles. The van der Waals surface area contributed by atoms with Gasteiger partial charge in [-0.15, -0.1) is 0 Å². The molecule has 0 spiro atoms. The van der Waals surface area contributed by atoms with Crippen molar-refractivity contribution in [3.63, 3.8) is 0 Å². The molecular formula is C22H23FN4O3S. The fourth-order valence-electron chi connectivity index (χ4n) is 3.49. The molecule has 0 aliphatic carbocycles. The highest BCUT2D eigenvalue weighted by molar-refractivity contribution is 7.89. The zero-order valence-electron chi connectivity index (χ0n) is 17.3. The van der Waals surface area contributed by atoms with Crippen LogP contribution in [0.2, 0.25) is 0 Å². The predicted octanol–water partition coefficient (Wildman–Crippen LogP) is 2.77. The second kappa shape index (κ2) is 8.24. The number of rotatable bonds is 4. The van der Waals surface area contributed by atoms with Gasteiger partial charge in [0.25, 0.3) is 5.91 Å². The van der Waals surface area contributed by atoms with Crippen LogP contribution in [0.25, 0.3) is 5.69 Å². The topological polar surface area (TPSA) is 75.5 Å². The lowest BCUT2D eigenvalue weighted by molar-refractivity contribution is 0.0691. The van der Waals surface area contributed by atoms with Crippen molar-refractivity contribution in [1.82, 2.24) is 19.0 Å².